The average Bonchev–Trinajstić information content (AvgIpc) is 2.95. The van der Waals surface area contributed by atoms with Crippen molar-refractivity contribution < 1.29 is 43.9 Å². The van der Waals surface area contributed by atoms with Crippen molar-refractivity contribution in [2.24, 2.45) is 0 Å². The highest BCUT2D eigenvalue weighted by Gasteiger charge is 2.33. The van der Waals surface area contributed by atoms with Gasteiger partial charge >= 0.3 is 18.3 Å². The molecule has 274 valence electrons. The van der Waals surface area contributed by atoms with Crippen molar-refractivity contribution in [3.63, 3.8) is 0 Å². The molecule has 3 amide bonds. The number of nitrogens with zero attached hydrogens (tertiary/aromatic N) is 1. The zero-order chi connectivity index (χ0) is 37.0. The van der Waals surface area contributed by atoms with Crippen LogP contribution in [-0.4, -0.2) is 102 Å². The van der Waals surface area contributed by atoms with E-state index in [1.165, 1.54) is 17.0 Å². The quantitative estimate of drug-likeness (QED) is 0.120. The van der Waals surface area contributed by atoms with Gasteiger partial charge in [0.05, 0.1) is 44.0 Å². The molecular weight excluding hydrogens is 646 g/mol. The molecule has 0 radical (unpaired) electrons. The van der Waals surface area contributed by atoms with Crippen LogP contribution in [0.15, 0.2) is 54.6 Å². The van der Waals surface area contributed by atoms with Crippen LogP contribution in [0.2, 0.25) is 25.7 Å². The Hall–Kier alpha value is -3.81. The Labute approximate surface area is 292 Å². The number of nitrogens with one attached hydrogen (secondary N) is 2. The summed E-state index contributed by atoms with van der Waals surface area (Å²) in [5.74, 6) is 0.0622. The molecule has 0 unspecified atom stereocenters. The number of hydrogen-bond donors (Lipinski definition) is 5. The second kappa shape index (κ2) is 18.3. The lowest BCUT2D eigenvalue weighted by molar-refractivity contribution is 0.0181. The fraction of sp³-hybridized carbons (Fsp3) is 0.583. The van der Waals surface area contributed by atoms with Crippen molar-refractivity contribution >= 4 is 26.4 Å². The predicted molar refractivity (Wildman–Crippen MR) is 191 cm³/mol. The Morgan fingerprint density at radius 3 is 1.57 bits per heavy atom. The van der Waals surface area contributed by atoms with Crippen molar-refractivity contribution in [3.05, 3.63) is 65.7 Å². The Morgan fingerprint density at radius 2 is 1.16 bits per heavy atom. The largest absolute Gasteiger partial charge is 0.508 e. The minimum atomic E-state index is -1.56. The maximum absolute atomic E-state index is 13.6. The van der Waals surface area contributed by atoms with Crippen LogP contribution in [0.5, 0.6) is 5.75 Å². The van der Waals surface area contributed by atoms with E-state index in [0.717, 1.165) is 5.56 Å². The summed E-state index contributed by atoms with van der Waals surface area (Å²) >= 11 is 0. The van der Waals surface area contributed by atoms with E-state index in [1.807, 2.05) is 30.3 Å². The van der Waals surface area contributed by atoms with Crippen LogP contribution < -0.4 is 10.6 Å². The molecule has 0 aliphatic rings. The molecule has 2 rings (SSSR count). The first-order valence-corrected chi connectivity index (χ1v) is 20.4. The molecule has 0 aromatic heterocycles. The van der Waals surface area contributed by atoms with Crippen molar-refractivity contribution in [2.75, 3.05) is 19.7 Å². The number of aliphatic hydroxyl groups is 2. The number of phenols is 1. The third-order valence-corrected chi connectivity index (χ3v) is 8.88. The minimum absolute atomic E-state index is 0.0622. The second-order valence-electron chi connectivity index (χ2n) is 15.5. The van der Waals surface area contributed by atoms with Gasteiger partial charge in [0, 0.05) is 8.07 Å². The number of ether oxygens (including phenoxy) is 3. The van der Waals surface area contributed by atoms with Crippen LogP contribution in [-0.2, 0) is 27.1 Å². The number of aliphatic hydroxyl groups excluding tert-OH is 2. The maximum Gasteiger partial charge on any atom is 0.409 e. The number of rotatable bonds is 15. The molecule has 12 nitrogen and oxygen atoms in total. The SMILES string of the molecule is CC(C)(C)OC(=O)N[C@@H](Cc1ccccc1)[C@H](O)CN(C[C@@H](O)[C@H](Cc1ccc(O)cc1)NC(=O)OC(C)(C)C)C(=O)OCC[Si](C)(C)C. The highest BCUT2D eigenvalue weighted by Crippen LogP contribution is 2.17. The third kappa shape index (κ3) is 17.4. The van der Waals surface area contributed by atoms with Gasteiger partial charge in [-0.15, -0.1) is 0 Å². The van der Waals surface area contributed by atoms with E-state index in [4.69, 9.17) is 14.2 Å². The molecule has 0 aliphatic heterocycles. The molecule has 0 saturated carbocycles. The highest BCUT2D eigenvalue weighted by molar-refractivity contribution is 6.76. The van der Waals surface area contributed by atoms with E-state index < -0.39 is 61.8 Å². The van der Waals surface area contributed by atoms with Gasteiger partial charge in [-0.25, -0.2) is 14.4 Å². The molecule has 0 spiro atoms. The van der Waals surface area contributed by atoms with Gasteiger partial charge in [-0.05, 0) is 83.7 Å². The summed E-state index contributed by atoms with van der Waals surface area (Å²) in [5.41, 5.74) is -0.0475. The Bertz CT molecular complexity index is 1320. The van der Waals surface area contributed by atoms with Gasteiger partial charge in [0.1, 0.15) is 17.0 Å². The first kappa shape index (κ1) is 41.4. The molecule has 2 aromatic carbocycles. The Kier molecular flexibility index (Phi) is 15.4. The molecule has 5 N–H and O–H groups in total. The smallest absolute Gasteiger partial charge is 0.409 e. The van der Waals surface area contributed by atoms with Gasteiger partial charge in [0.25, 0.3) is 0 Å². The molecular formula is C36H57N3O9Si. The summed E-state index contributed by atoms with van der Waals surface area (Å²) in [4.78, 5) is 40.4. The number of benzene rings is 2. The van der Waals surface area contributed by atoms with E-state index in [2.05, 4.69) is 30.3 Å². The summed E-state index contributed by atoms with van der Waals surface area (Å²) in [6, 6.07) is 14.5. The molecule has 0 heterocycles. The van der Waals surface area contributed by atoms with E-state index in [9.17, 15) is 29.7 Å². The van der Waals surface area contributed by atoms with E-state index in [0.29, 0.717) is 11.6 Å². The first-order valence-electron chi connectivity index (χ1n) is 16.7. The lowest BCUT2D eigenvalue weighted by atomic mass is 9.99. The number of hydrogen-bond acceptors (Lipinski definition) is 9. The monoisotopic (exact) mass is 703 g/mol. The molecule has 0 bridgehead atoms. The maximum atomic E-state index is 13.6. The second-order valence-corrected chi connectivity index (χ2v) is 21.2. The third-order valence-electron chi connectivity index (χ3n) is 7.17. The van der Waals surface area contributed by atoms with Crippen molar-refractivity contribution in [3.8, 4) is 5.75 Å². The Balaban J connectivity index is 2.39. The van der Waals surface area contributed by atoms with Crippen molar-refractivity contribution in [2.45, 2.75) is 116 Å². The summed E-state index contributed by atoms with van der Waals surface area (Å²) in [6.07, 6.45) is -4.53. The number of alkyl carbamates (subject to hydrolysis) is 2. The number of aromatic hydroxyl groups is 1. The molecule has 13 heteroatoms. The summed E-state index contributed by atoms with van der Waals surface area (Å²) in [5, 5.41) is 38.4. The predicted octanol–water partition coefficient (Wildman–Crippen LogP) is 5.46. The van der Waals surface area contributed by atoms with Gasteiger partial charge in [-0.1, -0.05) is 62.1 Å². The van der Waals surface area contributed by atoms with Crippen molar-refractivity contribution in [1.82, 2.24) is 15.5 Å². The molecule has 4 atom stereocenters. The van der Waals surface area contributed by atoms with Gasteiger partial charge < -0.3 is 45.1 Å². The van der Waals surface area contributed by atoms with Crippen molar-refractivity contribution in [1.29, 1.82) is 0 Å². The molecule has 0 fully saturated rings. The average molecular weight is 704 g/mol. The number of carbonyl (C=O) groups is 3. The fourth-order valence-electron chi connectivity index (χ4n) is 4.70. The van der Waals surface area contributed by atoms with Gasteiger partial charge in [-0.2, -0.15) is 0 Å². The molecule has 0 aliphatic carbocycles. The van der Waals surface area contributed by atoms with E-state index >= 15 is 0 Å². The molecule has 2 aromatic rings. The number of carbonyl (C=O) groups excluding carboxylic acids is 3. The first-order chi connectivity index (χ1) is 22.6. The van der Waals surface area contributed by atoms with E-state index in [-0.39, 0.29) is 38.3 Å². The lowest BCUT2D eigenvalue weighted by Gasteiger charge is -2.33. The number of amides is 3. The van der Waals surface area contributed by atoms with E-state index in [1.54, 1.807) is 53.7 Å². The van der Waals surface area contributed by atoms with Gasteiger partial charge in [0.2, 0.25) is 0 Å². The molecule has 49 heavy (non-hydrogen) atoms. The zero-order valence-corrected chi connectivity index (χ0v) is 31.5. The molecule has 0 saturated heterocycles. The number of phenolic OH excluding ortho intramolecular Hbond substituents is 1. The highest BCUT2D eigenvalue weighted by atomic mass is 28.3. The Morgan fingerprint density at radius 1 is 0.735 bits per heavy atom. The van der Waals surface area contributed by atoms with Crippen LogP contribution in [0.4, 0.5) is 14.4 Å². The van der Waals surface area contributed by atoms with Crippen LogP contribution in [0.3, 0.4) is 0 Å². The van der Waals surface area contributed by atoms with Gasteiger partial charge in [0.15, 0.2) is 0 Å². The minimum Gasteiger partial charge on any atom is -0.508 e. The summed E-state index contributed by atoms with van der Waals surface area (Å²) in [7, 11) is -1.56. The topological polar surface area (TPSA) is 167 Å². The summed E-state index contributed by atoms with van der Waals surface area (Å²) in [6.45, 7) is 16.3. The summed E-state index contributed by atoms with van der Waals surface area (Å²) < 4.78 is 16.5. The lowest BCUT2D eigenvalue weighted by Crippen LogP contribution is -2.55. The standard InChI is InChI=1S/C36H57N3O9Si/c1-35(2,3)47-32(43)37-28(21-25-13-11-10-12-14-25)30(41)23-39(34(45)46-19-20-49(7,8)9)24-31(42)29(38-33(44)48-36(4,5)6)22-26-15-17-27(40)18-16-26/h10-18,28-31,40-42H,19-24H2,1-9H3,(H,37,43)(H,38,44)/t28-,29-,30+,31+/m0/s1. The van der Waals surface area contributed by atoms with Crippen LogP contribution in [0, 0.1) is 0 Å². The van der Waals surface area contributed by atoms with Crippen LogP contribution in [0.1, 0.15) is 52.7 Å². The van der Waals surface area contributed by atoms with Crippen LogP contribution >= 0.6 is 0 Å². The zero-order valence-electron chi connectivity index (χ0n) is 30.5. The van der Waals surface area contributed by atoms with Gasteiger partial charge in [-0.3, -0.25) is 0 Å². The fourth-order valence-corrected chi connectivity index (χ4v) is 5.42. The normalized spacial score (nSPS) is 14.5. The van der Waals surface area contributed by atoms with Crippen LogP contribution in [0.25, 0.3) is 0 Å².